The minimum Gasteiger partial charge on any atom is -0.386 e. The SMILES string of the molecule is CCCCC(=O)N(Cc1ccc(-c2ccccc2-c2nn[nH]n2)cc1)[C@H](C(=O)SCCNC(=O)CCNC(=O)C(O)C(C)(C)COP(=O)(O)OP(=O)(O)OCC1OC(n2cnc3c(N)ncnc32)C(O)C1OP(=O)(O)O)C(C)C. The predicted octanol–water partition coefficient (Wildman–Crippen LogP) is 2.76. The molecule has 11 N–H and O–H groups in total. The van der Waals surface area contributed by atoms with Gasteiger partial charge in [0.1, 0.15) is 42.3 Å². The predicted molar refractivity (Wildman–Crippen MR) is 281 cm³/mol. The van der Waals surface area contributed by atoms with Crippen LogP contribution in [0.5, 0.6) is 0 Å². The maximum Gasteiger partial charge on any atom is 0.481 e. The van der Waals surface area contributed by atoms with Crippen molar-refractivity contribution in [2.24, 2.45) is 11.3 Å². The van der Waals surface area contributed by atoms with Crippen molar-refractivity contribution in [1.29, 1.82) is 0 Å². The van der Waals surface area contributed by atoms with E-state index in [4.69, 9.17) is 19.5 Å². The second-order valence-electron chi connectivity index (χ2n) is 19.0. The Morgan fingerprint density at radius 2 is 1.65 bits per heavy atom. The van der Waals surface area contributed by atoms with E-state index >= 15 is 0 Å². The van der Waals surface area contributed by atoms with E-state index in [-0.39, 0.29) is 72.2 Å². The number of nitrogens with zero attached hydrogens (tertiary/aromatic N) is 8. The second-order valence-corrected chi connectivity index (χ2v) is 24.4. The summed E-state index contributed by atoms with van der Waals surface area (Å²) in [6, 6.07) is 14.5. The summed E-state index contributed by atoms with van der Waals surface area (Å²) in [5, 5.41) is 40.9. The highest BCUT2D eigenvalue weighted by atomic mass is 32.2. The van der Waals surface area contributed by atoms with Gasteiger partial charge in [0.2, 0.25) is 28.7 Å². The average molecular weight is 1190 g/mol. The van der Waals surface area contributed by atoms with Gasteiger partial charge in [-0.2, -0.15) is 9.52 Å². The summed E-state index contributed by atoms with van der Waals surface area (Å²) in [5.41, 5.74) is 7.59. The van der Waals surface area contributed by atoms with E-state index < -0.39 is 90.6 Å². The fraction of sp³-hybridized carbons (Fsp3) is 0.511. The van der Waals surface area contributed by atoms with Gasteiger partial charge in [-0.1, -0.05) is 101 Å². The summed E-state index contributed by atoms with van der Waals surface area (Å²) in [6.07, 6.45) is -5.47. The number of thioether (sulfide) groups is 1. The number of tetrazole rings is 1. The summed E-state index contributed by atoms with van der Waals surface area (Å²) < 4.78 is 62.8. The van der Waals surface area contributed by atoms with Crippen LogP contribution in [0.25, 0.3) is 33.7 Å². The number of fused-ring (bicyclic) bond motifs is 1. The number of nitrogens with two attached hydrogens (primary N) is 1. The van der Waals surface area contributed by atoms with E-state index in [1.165, 1.54) is 13.8 Å². The third kappa shape index (κ3) is 17.3. The number of H-pyrrole nitrogens is 1. The van der Waals surface area contributed by atoms with Crippen LogP contribution in [-0.2, 0) is 62.0 Å². The first-order chi connectivity index (χ1) is 37.2. The molecule has 0 bridgehead atoms. The normalized spacial score (nSPS) is 19.1. The smallest absolute Gasteiger partial charge is 0.386 e. The molecule has 1 fully saturated rings. The molecule has 3 amide bonds. The monoisotopic (exact) mass is 1180 g/mol. The minimum atomic E-state index is -5.62. The van der Waals surface area contributed by atoms with Gasteiger partial charge in [-0.15, -0.1) is 10.2 Å². The molecule has 30 nitrogen and oxygen atoms in total. The van der Waals surface area contributed by atoms with Gasteiger partial charge in [-0.05, 0) is 34.2 Å². The molecular weight excluding hydrogens is 1120 g/mol. The van der Waals surface area contributed by atoms with Crippen molar-refractivity contribution >= 4 is 75.0 Å². The number of ether oxygens (including phenoxy) is 1. The number of aromatic nitrogens is 8. The second kappa shape index (κ2) is 27.3. The number of imidazole rings is 1. The molecule has 6 rings (SSSR count). The average Bonchev–Trinajstić information content (AvgIpc) is 4.24. The molecule has 0 radical (unpaired) electrons. The quantitative estimate of drug-likeness (QED) is 0.0243. The Morgan fingerprint density at radius 3 is 2.30 bits per heavy atom. The van der Waals surface area contributed by atoms with E-state index in [2.05, 4.69) is 55.0 Å². The van der Waals surface area contributed by atoms with E-state index in [9.17, 15) is 62.7 Å². The molecule has 432 valence electrons. The highest BCUT2D eigenvalue weighted by Gasteiger charge is 2.50. The van der Waals surface area contributed by atoms with Gasteiger partial charge in [0.25, 0.3) is 0 Å². The largest absolute Gasteiger partial charge is 0.481 e. The fourth-order valence-electron chi connectivity index (χ4n) is 8.13. The summed E-state index contributed by atoms with van der Waals surface area (Å²) in [6.45, 7) is 6.08. The lowest BCUT2D eigenvalue weighted by atomic mass is 9.87. The Kier molecular flexibility index (Phi) is 21.7. The molecule has 34 heteroatoms. The summed E-state index contributed by atoms with van der Waals surface area (Å²) in [5.74, 6) is -1.38. The minimum absolute atomic E-state index is 0.0183. The van der Waals surface area contributed by atoms with E-state index in [1.807, 2.05) is 69.3 Å². The maximum atomic E-state index is 13.8. The van der Waals surface area contributed by atoms with Crippen molar-refractivity contribution in [2.75, 3.05) is 37.8 Å². The van der Waals surface area contributed by atoms with Crippen LogP contribution < -0.4 is 16.4 Å². The number of aliphatic hydroxyl groups excluding tert-OH is 2. The Bertz CT molecular complexity index is 3040. The zero-order chi connectivity index (χ0) is 57.9. The molecule has 0 spiro atoms. The van der Waals surface area contributed by atoms with Crippen LogP contribution >= 0.6 is 35.2 Å². The van der Waals surface area contributed by atoms with E-state index in [0.717, 1.165) is 57.7 Å². The number of unbranched alkanes of at least 4 members (excludes halogenated alkanes) is 1. The topological polar surface area (TPSA) is 438 Å². The van der Waals surface area contributed by atoms with Gasteiger partial charge in [0, 0.05) is 49.2 Å². The lowest BCUT2D eigenvalue weighted by Gasteiger charge is -2.33. The standard InChI is InChI=1S/C45H63N12O18P3S/c1-6-7-12-33(59)56(21-27-13-15-28(16-14-27)29-10-8-9-11-30(29)40-52-54-55-53-40)35(26(2)3)44(63)79-20-19-47-32(58)17-18-48-42(62)38(61)45(4,5)23-72-78(69,70)75-77(67,68)71-22-31-37(74-76(64,65)66)36(60)43(73-31)57-25-51-34-39(46)49-24-50-41(34)57/h8-11,13-16,24-26,31,35-38,43,60-61H,6-7,12,17-23H2,1-5H3,(H,47,58)(H,48,62)(H,67,68)(H,69,70)(H2,46,49,50)(H2,64,65,66)(H,52,53,54,55)/t31?,35-,36?,37?,38?,43?/m0/s1. The molecule has 4 heterocycles. The molecule has 0 saturated carbocycles. The number of rotatable bonds is 29. The fourth-order valence-corrected chi connectivity index (χ4v) is 11.9. The van der Waals surface area contributed by atoms with Crippen LogP contribution in [-0.4, -0.2) is 160 Å². The number of hydrogen-bond acceptors (Lipinski definition) is 22. The number of aliphatic hydroxyl groups is 2. The molecule has 3 aromatic heterocycles. The molecule has 7 unspecified atom stereocenters. The zero-order valence-electron chi connectivity index (χ0n) is 43.4. The number of carbonyl (C=O) groups excluding carboxylic acids is 4. The lowest BCUT2D eigenvalue weighted by molar-refractivity contribution is -0.139. The maximum absolute atomic E-state index is 13.8. The van der Waals surface area contributed by atoms with Crippen molar-refractivity contribution < 1.29 is 85.3 Å². The van der Waals surface area contributed by atoms with Crippen molar-refractivity contribution in [2.45, 2.75) is 104 Å². The van der Waals surface area contributed by atoms with Gasteiger partial charge in [-0.25, -0.2) is 28.6 Å². The van der Waals surface area contributed by atoms with Crippen LogP contribution in [0.3, 0.4) is 0 Å². The Morgan fingerprint density at radius 1 is 0.949 bits per heavy atom. The number of phosphoric acid groups is 3. The van der Waals surface area contributed by atoms with Gasteiger partial charge in [-0.3, -0.25) is 37.3 Å². The number of nitrogen functional groups attached to an aromatic ring is 1. The van der Waals surface area contributed by atoms with Crippen molar-refractivity contribution in [3.05, 3.63) is 66.7 Å². The summed E-state index contributed by atoms with van der Waals surface area (Å²) >= 11 is 0.973. The van der Waals surface area contributed by atoms with Crippen LogP contribution in [0.15, 0.2) is 61.2 Å². The third-order valence-electron chi connectivity index (χ3n) is 12.2. The molecular formula is C45H63N12O18P3S. The molecule has 5 aromatic rings. The Hall–Kier alpha value is -5.46. The molecule has 1 aliphatic heterocycles. The molecule has 8 atom stereocenters. The number of anilines is 1. The summed E-state index contributed by atoms with van der Waals surface area (Å²) in [4.78, 5) is 106. The number of carbonyl (C=O) groups is 4. The van der Waals surface area contributed by atoms with Crippen LogP contribution in [0.1, 0.15) is 72.1 Å². The first-order valence-electron chi connectivity index (χ1n) is 24.5. The number of aromatic amines is 1. The van der Waals surface area contributed by atoms with Crippen LogP contribution in [0, 0.1) is 11.3 Å². The Balaban J connectivity index is 0.936. The Labute approximate surface area is 456 Å². The number of amides is 3. The van der Waals surface area contributed by atoms with E-state index in [1.54, 1.807) is 4.90 Å². The highest BCUT2D eigenvalue weighted by Crippen LogP contribution is 2.61. The molecule has 2 aromatic carbocycles. The van der Waals surface area contributed by atoms with Gasteiger partial charge < -0.3 is 55.8 Å². The van der Waals surface area contributed by atoms with Crippen molar-refractivity contribution in [1.82, 2.24) is 55.7 Å². The first kappa shape index (κ1) is 62.7. The lowest BCUT2D eigenvalue weighted by Crippen LogP contribution is -2.47. The zero-order valence-corrected chi connectivity index (χ0v) is 46.9. The van der Waals surface area contributed by atoms with Gasteiger partial charge >= 0.3 is 23.5 Å². The number of benzene rings is 2. The van der Waals surface area contributed by atoms with Gasteiger partial charge in [0.15, 0.2) is 17.7 Å². The number of nitrogens with one attached hydrogen (secondary N) is 3. The first-order valence-corrected chi connectivity index (χ1v) is 30.0. The van der Waals surface area contributed by atoms with Crippen molar-refractivity contribution in [3.8, 4) is 22.5 Å². The van der Waals surface area contributed by atoms with Crippen LogP contribution in [0.2, 0.25) is 0 Å². The van der Waals surface area contributed by atoms with Crippen molar-refractivity contribution in [3.63, 3.8) is 0 Å². The number of hydrogen-bond donors (Lipinski definition) is 10. The molecule has 1 aliphatic rings. The summed E-state index contributed by atoms with van der Waals surface area (Å²) in [7, 11) is -16.5. The third-order valence-corrected chi connectivity index (χ3v) is 16.2. The van der Waals surface area contributed by atoms with Gasteiger partial charge in [0.05, 0.1) is 19.5 Å². The molecule has 0 aliphatic carbocycles. The van der Waals surface area contributed by atoms with Crippen LogP contribution in [0.4, 0.5) is 5.82 Å². The van der Waals surface area contributed by atoms with E-state index in [0.29, 0.717) is 12.2 Å². The highest BCUT2D eigenvalue weighted by molar-refractivity contribution is 8.13. The molecule has 1 saturated heterocycles. The number of phosphoric ester groups is 3. The molecule has 79 heavy (non-hydrogen) atoms.